The molecule has 82 valence electrons. The second kappa shape index (κ2) is 3.96. The summed E-state index contributed by atoms with van der Waals surface area (Å²) in [5, 5.41) is 6.58. The lowest BCUT2D eigenvalue weighted by atomic mass is 10.3. The summed E-state index contributed by atoms with van der Waals surface area (Å²) in [4.78, 5) is 1.20. The summed E-state index contributed by atoms with van der Waals surface area (Å²) in [5.74, 6) is 0.615. The zero-order valence-electron chi connectivity index (χ0n) is 8.51. The molecule has 16 heavy (non-hydrogen) atoms. The van der Waals surface area contributed by atoms with E-state index in [0.717, 1.165) is 17.9 Å². The van der Waals surface area contributed by atoms with Crippen LogP contribution in [0.3, 0.4) is 0 Å². The highest BCUT2D eigenvalue weighted by Gasteiger charge is 2.08. The summed E-state index contributed by atoms with van der Waals surface area (Å²) in [7, 11) is 0. The van der Waals surface area contributed by atoms with Gasteiger partial charge in [-0.2, -0.15) is 5.10 Å². The molecule has 0 saturated heterocycles. The molecule has 0 atom stereocenters. The topological polar surface area (TPSA) is 22.2 Å². The second-order valence-electron chi connectivity index (χ2n) is 3.49. The molecular formula is C11H10ClN3S. The van der Waals surface area contributed by atoms with Crippen LogP contribution in [-0.2, 0) is 6.54 Å². The molecule has 0 aromatic carbocycles. The van der Waals surface area contributed by atoms with Gasteiger partial charge in [-0.3, -0.25) is 0 Å². The molecule has 0 aliphatic rings. The predicted molar refractivity (Wildman–Crippen MR) is 67.2 cm³/mol. The van der Waals surface area contributed by atoms with E-state index in [1.165, 1.54) is 4.88 Å². The van der Waals surface area contributed by atoms with Gasteiger partial charge in [0.1, 0.15) is 11.3 Å². The van der Waals surface area contributed by atoms with Gasteiger partial charge in [0.25, 0.3) is 0 Å². The second-order valence-corrected chi connectivity index (χ2v) is 4.82. The van der Waals surface area contributed by atoms with E-state index in [1.807, 2.05) is 23.0 Å². The molecule has 3 aromatic rings. The van der Waals surface area contributed by atoms with Crippen molar-refractivity contribution in [2.45, 2.75) is 6.54 Å². The van der Waals surface area contributed by atoms with E-state index >= 15 is 0 Å². The molecule has 0 unspecified atom stereocenters. The third-order valence-corrected chi connectivity index (χ3v) is 3.56. The van der Waals surface area contributed by atoms with Gasteiger partial charge in [-0.15, -0.1) is 22.9 Å². The minimum Gasteiger partial charge on any atom is -0.330 e. The molecular weight excluding hydrogens is 242 g/mol. The van der Waals surface area contributed by atoms with Crippen molar-refractivity contribution in [2.24, 2.45) is 0 Å². The van der Waals surface area contributed by atoms with Crippen LogP contribution in [0.5, 0.6) is 0 Å². The average molecular weight is 252 g/mol. The summed E-state index contributed by atoms with van der Waals surface area (Å²) < 4.78 is 4.00. The van der Waals surface area contributed by atoms with Gasteiger partial charge in [-0.05, 0) is 11.4 Å². The van der Waals surface area contributed by atoms with E-state index in [9.17, 15) is 0 Å². The number of halogens is 1. The molecule has 5 heteroatoms. The number of alkyl halides is 1. The minimum atomic E-state index is 0.615. The molecule has 3 nitrogen and oxygen atoms in total. The molecule has 0 spiro atoms. The first-order chi connectivity index (χ1) is 7.88. The van der Waals surface area contributed by atoms with Gasteiger partial charge in [-0.1, -0.05) is 6.07 Å². The minimum absolute atomic E-state index is 0.615. The summed E-state index contributed by atoms with van der Waals surface area (Å²) in [6.45, 7) is 0.813. The predicted octanol–water partition coefficient (Wildman–Crippen LogP) is 3.10. The standard InChI is InChI=1S/C11H10ClN3S/c12-3-4-14-5-6-15-11(14)8-9(13-15)10-2-1-7-16-10/h1-2,5-8H,3-4H2. The maximum Gasteiger partial charge on any atom is 0.136 e. The molecule has 0 N–H and O–H groups in total. The lowest BCUT2D eigenvalue weighted by Gasteiger charge is -1.96. The van der Waals surface area contributed by atoms with Crippen molar-refractivity contribution < 1.29 is 0 Å². The van der Waals surface area contributed by atoms with E-state index in [4.69, 9.17) is 11.6 Å². The van der Waals surface area contributed by atoms with E-state index < -0.39 is 0 Å². The number of hydrogen-bond acceptors (Lipinski definition) is 2. The molecule has 0 aliphatic carbocycles. The Bertz CT molecular complexity index is 594. The van der Waals surface area contributed by atoms with Crippen LogP contribution in [0, 0.1) is 0 Å². The van der Waals surface area contributed by atoms with Crippen molar-refractivity contribution in [2.75, 3.05) is 5.88 Å². The summed E-state index contributed by atoms with van der Waals surface area (Å²) >= 11 is 7.45. The van der Waals surface area contributed by atoms with E-state index in [1.54, 1.807) is 11.3 Å². The van der Waals surface area contributed by atoms with Gasteiger partial charge in [0, 0.05) is 30.9 Å². The number of imidazole rings is 1. The molecule has 3 rings (SSSR count). The highest BCUT2D eigenvalue weighted by atomic mass is 35.5. The van der Waals surface area contributed by atoms with Crippen LogP contribution >= 0.6 is 22.9 Å². The molecule has 0 saturated carbocycles. The van der Waals surface area contributed by atoms with Crippen molar-refractivity contribution in [3.63, 3.8) is 0 Å². The monoisotopic (exact) mass is 251 g/mol. The number of aryl methyl sites for hydroxylation is 1. The lowest BCUT2D eigenvalue weighted by molar-refractivity contribution is 0.794. The molecule has 0 fully saturated rings. The number of fused-ring (bicyclic) bond motifs is 1. The molecule has 0 bridgehead atoms. The Morgan fingerprint density at radius 3 is 3.06 bits per heavy atom. The number of thiophene rings is 1. The van der Waals surface area contributed by atoms with Crippen LogP contribution in [0.15, 0.2) is 36.0 Å². The average Bonchev–Trinajstić information content (AvgIpc) is 2.93. The number of hydrogen-bond donors (Lipinski definition) is 0. The Kier molecular flexibility index (Phi) is 2.46. The van der Waals surface area contributed by atoms with Gasteiger partial charge in [0.15, 0.2) is 0 Å². The first-order valence-corrected chi connectivity index (χ1v) is 6.44. The fourth-order valence-electron chi connectivity index (χ4n) is 1.75. The molecule has 3 aromatic heterocycles. The van der Waals surface area contributed by atoms with Crippen LogP contribution in [0.4, 0.5) is 0 Å². The Labute approximate surface area is 102 Å². The van der Waals surface area contributed by atoms with Crippen molar-refractivity contribution in [1.29, 1.82) is 0 Å². The molecule has 0 aliphatic heterocycles. The van der Waals surface area contributed by atoms with Crippen molar-refractivity contribution in [1.82, 2.24) is 14.2 Å². The molecule has 0 amide bonds. The Morgan fingerprint density at radius 1 is 1.38 bits per heavy atom. The number of nitrogens with zero attached hydrogens (tertiary/aromatic N) is 3. The Balaban J connectivity index is 2.09. The van der Waals surface area contributed by atoms with E-state index in [2.05, 4.69) is 27.2 Å². The van der Waals surface area contributed by atoms with E-state index in [-0.39, 0.29) is 0 Å². The van der Waals surface area contributed by atoms with Gasteiger partial charge in [0.05, 0.1) is 4.88 Å². The van der Waals surface area contributed by atoms with Crippen LogP contribution in [0.25, 0.3) is 16.2 Å². The SMILES string of the molecule is ClCCn1ccn2nc(-c3cccs3)cc12. The lowest BCUT2D eigenvalue weighted by Crippen LogP contribution is -1.96. The highest BCUT2D eigenvalue weighted by Crippen LogP contribution is 2.24. The third kappa shape index (κ3) is 1.54. The van der Waals surface area contributed by atoms with Gasteiger partial charge < -0.3 is 4.57 Å². The van der Waals surface area contributed by atoms with Gasteiger partial charge in [-0.25, -0.2) is 4.52 Å². The fraction of sp³-hybridized carbons (Fsp3) is 0.182. The van der Waals surface area contributed by atoms with Crippen LogP contribution < -0.4 is 0 Å². The Hall–Kier alpha value is -1.26. The maximum absolute atomic E-state index is 5.75. The molecule has 0 radical (unpaired) electrons. The van der Waals surface area contributed by atoms with E-state index in [0.29, 0.717) is 5.88 Å². The smallest absolute Gasteiger partial charge is 0.136 e. The van der Waals surface area contributed by atoms with Crippen molar-refractivity contribution in [3.8, 4) is 10.6 Å². The van der Waals surface area contributed by atoms with Gasteiger partial charge >= 0.3 is 0 Å². The molecule has 3 heterocycles. The zero-order valence-corrected chi connectivity index (χ0v) is 10.1. The van der Waals surface area contributed by atoms with Crippen LogP contribution in [0.1, 0.15) is 0 Å². The summed E-state index contributed by atoms with van der Waals surface area (Å²) in [5.41, 5.74) is 2.11. The first kappa shape index (κ1) is 9.93. The van der Waals surface area contributed by atoms with Crippen LogP contribution in [-0.4, -0.2) is 20.1 Å². The maximum atomic E-state index is 5.75. The normalized spacial score (nSPS) is 11.3. The quantitative estimate of drug-likeness (QED) is 0.656. The highest BCUT2D eigenvalue weighted by molar-refractivity contribution is 7.13. The van der Waals surface area contributed by atoms with Crippen LogP contribution in [0.2, 0.25) is 0 Å². The van der Waals surface area contributed by atoms with Gasteiger partial charge in [0.2, 0.25) is 0 Å². The largest absolute Gasteiger partial charge is 0.330 e. The van der Waals surface area contributed by atoms with Crippen molar-refractivity contribution in [3.05, 3.63) is 36.0 Å². The summed E-state index contributed by atoms with van der Waals surface area (Å²) in [6, 6.07) is 6.22. The van der Waals surface area contributed by atoms with Crippen molar-refractivity contribution >= 4 is 28.6 Å². The first-order valence-electron chi connectivity index (χ1n) is 5.03. The number of rotatable bonds is 3. The Morgan fingerprint density at radius 2 is 2.31 bits per heavy atom. The zero-order chi connectivity index (χ0) is 11.0. The fourth-order valence-corrected chi connectivity index (χ4v) is 2.62. The summed E-state index contributed by atoms with van der Waals surface area (Å²) in [6.07, 6.45) is 3.96. The third-order valence-electron chi connectivity index (χ3n) is 2.50. The number of aromatic nitrogens is 3.